The van der Waals surface area contributed by atoms with Crippen molar-refractivity contribution in [2.45, 2.75) is 13.0 Å². The summed E-state index contributed by atoms with van der Waals surface area (Å²) in [6.07, 6.45) is 5.28. The Hall–Kier alpha value is -3.75. The molecule has 9 heteroatoms. The molecule has 0 spiro atoms. The Morgan fingerprint density at radius 2 is 2.00 bits per heavy atom. The third-order valence-corrected chi connectivity index (χ3v) is 3.59. The molecule has 8 nitrogen and oxygen atoms in total. The van der Waals surface area contributed by atoms with Gasteiger partial charge in [-0.1, -0.05) is 12.1 Å². The van der Waals surface area contributed by atoms with Gasteiger partial charge in [0.05, 0.1) is 5.56 Å². The second kappa shape index (κ2) is 8.09. The number of aromatic nitrogens is 3. The molecule has 1 atom stereocenters. The summed E-state index contributed by atoms with van der Waals surface area (Å²) in [4.78, 5) is 32.2. The van der Waals surface area contributed by atoms with E-state index in [1.807, 2.05) is 0 Å². The van der Waals surface area contributed by atoms with Crippen LogP contribution >= 0.6 is 0 Å². The molecule has 0 aliphatic heterocycles. The minimum absolute atomic E-state index is 0.0502. The summed E-state index contributed by atoms with van der Waals surface area (Å²) in [5.41, 5.74) is 4.75. The zero-order chi connectivity index (χ0) is 19.2. The van der Waals surface area contributed by atoms with Crippen LogP contribution < -0.4 is 15.6 Å². The maximum absolute atomic E-state index is 13.5. The lowest BCUT2D eigenvalue weighted by molar-refractivity contribution is -0.128. The van der Waals surface area contributed by atoms with Crippen LogP contribution in [0.15, 0.2) is 61.3 Å². The van der Waals surface area contributed by atoms with Crippen molar-refractivity contribution in [3.8, 4) is 11.6 Å². The van der Waals surface area contributed by atoms with Crippen molar-refractivity contribution in [3.05, 3.63) is 72.7 Å². The fourth-order valence-electron chi connectivity index (χ4n) is 2.14. The topological polar surface area (TPSA) is 98.1 Å². The summed E-state index contributed by atoms with van der Waals surface area (Å²) in [6, 6.07) is 8.93. The van der Waals surface area contributed by atoms with E-state index in [1.165, 1.54) is 31.3 Å². The van der Waals surface area contributed by atoms with Gasteiger partial charge in [0, 0.05) is 18.6 Å². The highest BCUT2D eigenvalue weighted by atomic mass is 19.1. The molecule has 0 saturated heterocycles. The number of ether oxygens (including phenoxy) is 1. The molecule has 138 valence electrons. The number of halogens is 1. The van der Waals surface area contributed by atoms with Crippen LogP contribution in [0.4, 0.5) is 4.39 Å². The van der Waals surface area contributed by atoms with E-state index in [4.69, 9.17) is 4.74 Å². The van der Waals surface area contributed by atoms with Gasteiger partial charge in [-0.05, 0) is 31.2 Å². The van der Waals surface area contributed by atoms with Crippen LogP contribution in [0.2, 0.25) is 0 Å². The van der Waals surface area contributed by atoms with Crippen molar-refractivity contribution in [2.24, 2.45) is 0 Å². The predicted molar refractivity (Wildman–Crippen MR) is 93.5 cm³/mol. The van der Waals surface area contributed by atoms with E-state index in [9.17, 15) is 14.0 Å². The van der Waals surface area contributed by atoms with Crippen LogP contribution in [-0.4, -0.2) is 32.5 Å². The van der Waals surface area contributed by atoms with E-state index in [1.54, 1.807) is 41.5 Å². The fourth-order valence-corrected chi connectivity index (χ4v) is 2.14. The Morgan fingerprint density at radius 3 is 2.67 bits per heavy atom. The van der Waals surface area contributed by atoms with E-state index >= 15 is 0 Å². The number of imidazole rings is 1. The molecule has 2 amide bonds. The van der Waals surface area contributed by atoms with Crippen molar-refractivity contribution in [3.63, 3.8) is 0 Å². The molecule has 2 N–H and O–H groups in total. The lowest BCUT2D eigenvalue weighted by atomic mass is 10.2. The molecule has 3 aromatic rings. The molecule has 1 unspecified atom stereocenters. The SMILES string of the molecule is CC(Oc1ccccc1F)C(=O)NNC(=O)c1ccc(-n2ccnc2)nc1. The van der Waals surface area contributed by atoms with Gasteiger partial charge in [-0.25, -0.2) is 14.4 Å². The molecule has 0 aliphatic carbocycles. The number of nitrogens with zero attached hydrogens (tertiary/aromatic N) is 3. The molecule has 0 bridgehead atoms. The molecule has 0 fully saturated rings. The van der Waals surface area contributed by atoms with Gasteiger partial charge in [0.25, 0.3) is 11.8 Å². The number of pyridine rings is 1. The lowest BCUT2D eigenvalue weighted by Gasteiger charge is -2.15. The van der Waals surface area contributed by atoms with E-state index < -0.39 is 23.7 Å². The van der Waals surface area contributed by atoms with Gasteiger partial charge in [-0.3, -0.25) is 25.0 Å². The molecule has 0 aliphatic rings. The van der Waals surface area contributed by atoms with Crippen LogP contribution in [0.3, 0.4) is 0 Å². The van der Waals surface area contributed by atoms with Crippen molar-refractivity contribution in [2.75, 3.05) is 0 Å². The number of carbonyl (C=O) groups excluding carboxylic acids is 2. The van der Waals surface area contributed by atoms with Crippen LogP contribution in [0.25, 0.3) is 5.82 Å². The van der Waals surface area contributed by atoms with Crippen LogP contribution in [-0.2, 0) is 4.79 Å². The molecule has 27 heavy (non-hydrogen) atoms. The zero-order valence-electron chi connectivity index (χ0n) is 14.3. The number of para-hydroxylation sites is 1. The Morgan fingerprint density at radius 1 is 1.19 bits per heavy atom. The molecule has 1 aromatic carbocycles. The second-order valence-corrected chi connectivity index (χ2v) is 5.51. The molecule has 2 heterocycles. The van der Waals surface area contributed by atoms with Crippen LogP contribution in [0.5, 0.6) is 5.75 Å². The van der Waals surface area contributed by atoms with Gasteiger partial charge < -0.3 is 4.74 Å². The Kier molecular flexibility index (Phi) is 5.41. The van der Waals surface area contributed by atoms with Crippen LogP contribution in [0, 0.1) is 5.82 Å². The van der Waals surface area contributed by atoms with Crippen molar-refractivity contribution >= 4 is 11.8 Å². The van der Waals surface area contributed by atoms with Gasteiger partial charge in [-0.2, -0.15) is 0 Å². The molecule has 3 rings (SSSR count). The first-order chi connectivity index (χ1) is 13.0. The first kappa shape index (κ1) is 18.1. The summed E-state index contributed by atoms with van der Waals surface area (Å²) in [5, 5.41) is 0. The van der Waals surface area contributed by atoms with Gasteiger partial charge in [0.15, 0.2) is 17.7 Å². The molecule has 0 radical (unpaired) electrons. The number of hydrazine groups is 1. The van der Waals surface area contributed by atoms with Gasteiger partial charge in [0.1, 0.15) is 12.1 Å². The van der Waals surface area contributed by atoms with E-state index in [0.29, 0.717) is 5.82 Å². The molecular formula is C18H16FN5O3. The number of hydrogen-bond donors (Lipinski definition) is 2. The highest BCUT2D eigenvalue weighted by molar-refractivity contribution is 5.95. The second-order valence-electron chi connectivity index (χ2n) is 5.51. The molecular weight excluding hydrogens is 353 g/mol. The smallest absolute Gasteiger partial charge is 0.279 e. The van der Waals surface area contributed by atoms with Gasteiger partial charge >= 0.3 is 0 Å². The zero-order valence-corrected chi connectivity index (χ0v) is 14.3. The van der Waals surface area contributed by atoms with Crippen LogP contribution in [0.1, 0.15) is 17.3 Å². The first-order valence-electron chi connectivity index (χ1n) is 8.00. The largest absolute Gasteiger partial charge is 0.478 e. The Labute approximate surface area is 154 Å². The molecule has 2 aromatic heterocycles. The lowest BCUT2D eigenvalue weighted by Crippen LogP contribution is -2.47. The van der Waals surface area contributed by atoms with Crippen molar-refractivity contribution < 1.29 is 18.7 Å². The third kappa shape index (κ3) is 4.46. The Balaban J connectivity index is 1.53. The monoisotopic (exact) mass is 369 g/mol. The highest BCUT2D eigenvalue weighted by Gasteiger charge is 2.17. The number of nitrogens with one attached hydrogen (secondary N) is 2. The summed E-state index contributed by atoms with van der Waals surface area (Å²) < 4.78 is 20.5. The summed E-state index contributed by atoms with van der Waals surface area (Å²) in [5.74, 6) is -1.21. The van der Waals surface area contributed by atoms with Crippen molar-refractivity contribution in [1.29, 1.82) is 0 Å². The summed E-state index contributed by atoms with van der Waals surface area (Å²) >= 11 is 0. The summed E-state index contributed by atoms with van der Waals surface area (Å²) in [7, 11) is 0. The maximum Gasteiger partial charge on any atom is 0.279 e. The first-order valence-corrected chi connectivity index (χ1v) is 8.00. The van der Waals surface area contributed by atoms with E-state index in [0.717, 1.165) is 0 Å². The third-order valence-electron chi connectivity index (χ3n) is 3.59. The van der Waals surface area contributed by atoms with E-state index in [-0.39, 0.29) is 11.3 Å². The number of carbonyl (C=O) groups is 2. The summed E-state index contributed by atoms with van der Waals surface area (Å²) in [6.45, 7) is 1.44. The van der Waals surface area contributed by atoms with Crippen molar-refractivity contribution in [1.82, 2.24) is 25.4 Å². The molecule has 0 saturated carbocycles. The highest BCUT2D eigenvalue weighted by Crippen LogP contribution is 2.16. The standard InChI is InChI=1S/C18H16FN5O3/c1-12(27-15-5-3-2-4-14(15)19)17(25)22-23-18(26)13-6-7-16(21-10-13)24-9-8-20-11-24/h2-12H,1H3,(H,22,25)(H,23,26). The minimum atomic E-state index is -1.01. The van der Waals surface area contributed by atoms with Gasteiger partial charge in [0.2, 0.25) is 0 Å². The fraction of sp³-hybridized carbons (Fsp3) is 0.111. The average molecular weight is 369 g/mol. The van der Waals surface area contributed by atoms with Gasteiger partial charge in [-0.15, -0.1) is 0 Å². The normalized spacial score (nSPS) is 11.5. The maximum atomic E-state index is 13.5. The minimum Gasteiger partial charge on any atom is -0.478 e. The number of rotatable bonds is 5. The predicted octanol–water partition coefficient (Wildman–Crippen LogP) is 1.63. The number of amides is 2. The number of benzene rings is 1. The Bertz CT molecular complexity index is 928. The average Bonchev–Trinajstić information content (AvgIpc) is 3.22. The quantitative estimate of drug-likeness (QED) is 0.666. The number of hydrogen-bond acceptors (Lipinski definition) is 5. The van der Waals surface area contributed by atoms with E-state index in [2.05, 4.69) is 20.8 Å².